The summed E-state index contributed by atoms with van der Waals surface area (Å²) < 4.78 is 34.3. The highest BCUT2D eigenvalue weighted by Crippen LogP contribution is 2.21. The van der Waals surface area contributed by atoms with Gasteiger partial charge in [-0.25, -0.2) is 8.78 Å². The maximum atomic E-state index is 13.6. The van der Waals surface area contributed by atoms with Gasteiger partial charge in [0.1, 0.15) is 18.2 Å². The lowest BCUT2D eigenvalue weighted by molar-refractivity contribution is 0.0705. The van der Waals surface area contributed by atoms with Gasteiger partial charge in [-0.05, 0) is 48.4 Å². The van der Waals surface area contributed by atoms with Crippen molar-refractivity contribution in [3.05, 3.63) is 82.5 Å². The Morgan fingerprint density at radius 3 is 2.75 bits per heavy atom. The van der Waals surface area contributed by atoms with Gasteiger partial charge in [0, 0.05) is 18.2 Å². The second kappa shape index (κ2) is 7.42. The number of amides is 1. The molecule has 0 radical (unpaired) electrons. The molecule has 1 aliphatic rings. The molecule has 2 heterocycles. The summed E-state index contributed by atoms with van der Waals surface area (Å²) >= 11 is 0. The van der Waals surface area contributed by atoms with Crippen molar-refractivity contribution in [2.75, 3.05) is 6.54 Å². The summed E-state index contributed by atoms with van der Waals surface area (Å²) in [6.07, 6.45) is 0. The number of aryl methyl sites for hydroxylation is 1. The first kappa shape index (κ1) is 18.2. The predicted octanol–water partition coefficient (Wildman–Crippen LogP) is 3.70. The molecule has 1 amide bonds. The Balaban J connectivity index is 1.44. The third-order valence-electron chi connectivity index (χ3n) is 4.63. The Labute approximate surface area is 161 Å². The van der Waals surface area contributed by atoms with Crippen LogP contribution in [0.25, 0.3) is 0 Å². The van der Waals surface area contributed by atoms with E-state index in [1.54, 1.807) is 40.8 Å². The lowest BCUT2D eigenvalue weighted by atomic mass is 10.1. The molecule has 144 valence electrons. The maximum absolute atomic E-state index is 13.6. The van der Waals surface area contributed by atoms with Crippen LogP contribution in [0.15, 0.2) is 48.5 Å². The number of rotatable bonds is 4. The largest absolute Gasteiger partial charge is 0.472 e. The Bertz CT molecular complexity index is 1010. The summed E-state index contributed by atoms with van der Waals surface area (Å²) in [5.74, 6) is -0.516. The summed E-state index contributed by atoms with van der Waals surface area (Å²) in [4.78, 5) is 14.4. The molecule has 0 N–H and O–H groups in total. The van der Waals surface area contributed by atoms with E-state index in [-0.39, 0.29) is 18.3 Å². The van der Waals surface area contributed by atoms with Crippen molar-refractivity contribution >= 4 is 5.91 Å². The van der Waals surface area contributed by atoms with Crippen molar-refractivity contribution < 1.29 is 18.3 Å². The highest BCUT2D eigenvalue weighted by molar-refractivity contribution is 5.94. The van der Waals surface area contributed by atoms with Gasteiger partial charge in [0.05, 0.1) is 18.8 Å². The van der Waals surface area contributed by atoms with Crippen LogP contribution in [-0.2, 0) is 19.7 Å². The molecule has 28 heavy (non-hydrogen) atoms. The first-order chi connectivity index (χ1) is 13.5. The van der Waals surface area contributed by atoms with Crippen LogP contribution >= 0.6 is 0 Å². The van der Waals surface area contributed by atoms with Crippen LogP contribution in [-0.4, -0.2) is 27.1 Å². The Hall–Kier alpha value is -3.22. The normalized spacial score (nSPS) is 13.3. The van der Waals surface area contributed by atoms with Crippen LogP contribution in [0.3, 0.4) is 0 Å². The fourth-order valence-electron chi connectivity index (χ4n) is 3.31. The van der Waals surface area contributed by atoms with Crippen molar-refractivity contribution in [3.63, 3.8) is 0 Å². The molecule has 0 atom stereocenters. The summed E-state index contributed by atoms with van der Waals surface area (Å²) in [6.45, 7) is 3.34. The van der Waals surface area contributed by atoms with Crippen molar-refractivity contribution in [2.24, 2.45) is 0 Å². The molecule has 0 spiro atoms. The minimum absolute atomic E-state index is 0.208. The molecule has 4 rings (SSSR count). The summed E-state index contributed by atoms with van der Waals surface area (Å²) in [6, 6.07) is 12.3. The first-order valence-corrected chi connectivity index (χ1v) is 8.98. The quantitative estimate of drug-likeness (QED) is 0.690. The van der Waals surface area contributed by atoms with Gasteiger partial charge in [0.15, 0.2) is 0 Å². The molecule has 2 aromatic carbocycles. The van der Waals surface area contributed by atoms with E-state index in [0.717, 1.165) is 5.69 Å². The molecule has 0 saturated heterocycles. The van der Waals surface area contributed by atoms with E-state index >= 15 is 0 Å². The van der Waals surface area contributed by atoms with E-state index < -0.39 is 5.82 Å². The minimum Gasteiger partial charge on any atom is -0.472 e. The van der Waals surface area contributed by atoms with Gasteiger partial charge in [-0.15, -0.1) is 5.10 Å². The zero-order chi connectivity index (χ0) is 19.7. The number of carbonyl (C=O) groups excluding carboxylic acids is 1. The lowest BCUT2D eigenvalue weighted by Crippen LogP contribution is -2.38. The summed E-state index contributed by atoms with van der Waals surface area (Å²) in [5.41, 5.74) is 2.60. The van der Waals surface area contributed by atoms with Gasteiger partial charge >= 0.3 is 0 Å². The second-order valence-electron chi connectivity index (χ2n) is 6.86. The Kier molecular flexibility index (Phi) is 4.81. The van der Waals surface area contributed by atoms with E-state index in [4.69, 9.17) is 4.74 Å². The summed E-state index contributed by atoms with van der Waals surface area (Å²) in [7, 11) is 0. The molecule has 0 fully saturated rings. The van der Waals surface area contributed by atoms with Gasteiger partial charge < -0.3 is 9.64 Å². The van der Waals surface area contributed by atoms with Crippen LogP contribution in [0.4, 0.5) is 8.78 Å². The number of hydrogen-bond acceptors (Lipinski definition) is 3. The van der Waals surface area contributed by atoms with E-state index in [9.17, 15) is 13.6 Å². The van der Waals surface area contributed by atoms with Crippen molar-refractivity contribution in [1.82, 2.24) is 14.7 Å². The molecule has 0 saturated carbocycles. The zero-order valence-corrected chi connectivity index (χ0v) is 15.4. The molecule has 0 aliphatic carbocycles. The number of carbonyl (C=O) groups is 1. The van der Waals surface area contributed by atoms with Crippen LogP contribution < -0.4 is 4.74 Å². The van der Waals surface area contributed by atoms with Gasteiger partial charge in [-0.3, -0.25) is 9.48 Å². The summed E-state index contributed by atoms with van der Waals surface area (Å²) in [5, 5.41) is 4.39. The molecule has 1 aromatic heterocycles. The fourth-order valence-corrected chi connectivity index (χ4v) is 3.31. The van der Waals surface area contributed by atoms with Crippen LogP contribution in [0.2, 0.25) is 0 Å². The van der Waals surface area contributed by atoms with Crippen LogP contribution in [0.1, 0.15) is 27.2 Å². The molecule has 5 nitrogen and oxygen atoms in total. The average Bonchev–Trinajstić information content (AvgIpc) is 3.07. The number of halogens is 2. The van der Waals surface area contributed by atoms with Crippen molar-refractivity contribution in [2.45, 2.75) is 26.6 Å². The van der Waals surface area contributed by atoms with Gasteiger partial charge in [0.2, 0.25) is 5.88 Å². The molecular formula is C21H19F2N3O2. The third-order valence-corrected chi connectivity index (χ3v) is 4.63. The molecule has 3 aromatic rings. The molecule has 1 aliphatic heterocycles. The number of aromatic nitrogens is 2. The average molecular weight is 383 g/mol. The maximum Gasteiger partial charge on any atom is 0.254 e. The highest BCUT2D eigenvalue weighted by atomic mass is 19.1. The number of nitrogens with zero attached hydrogens (tertiary/aromatic N) is 3. The monoisotopic (exact) mass is 383 g/mol. The number of hydrogen-bond donors (Lipinski definition) is 0. The fraction of sp³-hybridized carbons (Fsp3) is 0.238. The highest BCUT2D eigenvalue weighted by Gasteiger charge is 2.24. The molecule has 7 heteroatoms. The van der Waals surface area contributed by atoms with Crippen LogP contribution in [0.5, 0.6) is 5.88 Å². The SMILES string of the molecule is Cc1cc(F)cc(C(=O)N2CCn3nc(OCc4cccc(F)c4)cc3C2)c1. The third kappa shape index (κ3) is 3.88. The zero-order valence-electron chi connectivity index (χ0n) is 15.4. The van der Waals surface area contributed by atoms with Gasteiger partial charge in [-0.2, -0.15) is 0 Å². The first-order valence-electron chi connectivity index (χ1n) is 8.98. The van der Waals surface area contributed by atoms with Crippen LogP contribution in [0, 0.1) is 18.6 Å². The lowest BCUT2D eigenvalue weighted by Gasteiger charge is -2.27. The van der Waals surface area contributed by atoms with E-state index in [0.29, 0.717) is 42.2 Å². The smallest absolute Gasteiger partial charge is 0.254 e. The van der Waals surface area contributed by atoms with E-state index in [2.05, 4.69) is 5.10 Å². The molecule has 0 bridgehead atoms. The standard InChI is InChI=1S/C21H19F2N3O2/c1-14-7-16(10-18(23)8-14)21(27)25-5-6-26-19(12-25)11-20(24-26)28-13-15-3-2-4-17(22)9-15/h2-4,7-11H,5-6,12-13H2,1H3. The molecular weight excluding hydrogens is 364 g/mol. The number of benzene rings is 2. The minimum atomic E-state index is -0.418. The predicted molar refractivity (Wildman–Crippen MR) is 98.8 cm³/mol. The van der Waals surface area contributed by atoms with Crippen molar-refractivity contribution in [1.29, 1.82) is 0 Å². The topological polar surface area (TPSA) is 47.4 Å². The van der Waals surface area contributed by atoms with Gasteiger partial charge in [0.25, 0.3) is 5.91 Å². The molecule has 0 unspecified atom stereocenters. The second-order valence-corrected chi connectivity index (χ2v) is 6.86. The Morgan fingerprint density at radius 1 is 1.11 bits per heavy atom. The Morgan fingerprint density at radius 2 is 1.96 bits per heavy atom. The van der Waals surface area contributed by atoms with Gasteiger partial charge in [-0.1, -0.05) is 12.1 Å². The number of fused-ring (bicyclic) bond motifs is 1. The van der Waals surface area contributed by atoms with E-state index in [1.165, 1.54) is 24.3 Å². The van der Waals surface area contributed by atoms with E-state index in [1.807, 2.05) is 0 Å². The number of ether oxygens (including phenoxy) is 1. The van der Waals surface area contributed by atoms with Crippen molar-refractivity contribution in [3.8, 4) is 5.88 Å².